The topological polar surface area (TPSA) is 112 Å². The second kappa shape index (κ2) is 11.9. The van der Waals surface area contributed by atoms with Gasteiger partial charge in [0.1, 0.15) is 5.75 Å². The first-order valence-electron chi connectivity index (χ1n) is 14.1. The van der Waals surface area contributed by atoms with Gasteiger partial charge in [-0.2, -0.15) is 5.10 Å². The van der Waals surface area contributed by atoms with E-state index in [4.69, 9.17) is 14.9 Å². The zero-order valence-corrected chi connectivity index (χ0v) is 24.3. The third kappa shape index (κ3) is 6.81. The van der Waals surface area contributed by atoms with Gasteiger partial charge in [-0.25, -0.2) is 0 Å². The van der Waals surface area contributed by atoms with Crippen LogP contribution in [0.3, 0.4) is 0 Å². The van der Waals surface area contributed by atoms with Crippen molar-refractivity contribution in [1.29, 1.82) is 0 Å². The maximum atomic E-state index is 14.0. The van der Waals surface area contributed by atoms with Crippen LogP contribution in [0, 0.1) is 0 Å². The van der Waals surface area contributed by atoms with Crippen molar-refractivity contribution in [2.45, 2.75) is 32.0 Å². The number of rotatable bonds is 9. The van der Waals surface area contributed by atoms with Gasteiger partial charge in [0.05, 0.1) is 23.9 Å². The number of carbonyl (C=O) groups excluding carboxylic acids is 1. The molecule has 242 valence electrons. The smallest absolute Gasteiger partial charge is 0.481 e. The van der Waals surface area contributed by atoms with E-state index in [-0.39, 0.29) is 41.5 Å². The quantitative estimate of drug-likeness (QED) is 0.160. The monoisotopic (exact) mass is 653 g/mol. The zero-order chi connectivity index (χ0) is 33.5. The molecule has 1 aliphatic heterocycles. The highest BCUT2D eigenvalue weighted by atomic mass is 19.4. The van der Waals surface area contributed by atoms with E-state index >= 15 is 0 Å². The second-order valence-electron chi connectivity index (χ2n) is 10.6. The van der Waals surface area contributed by atoms with Gasteiger partial charge in [-0.3, -0.25) is 14.3 Å². The summed E-state index contributed by atoms with van der Waals surface area (Å²) >= 11 is 0. The Morgan fingerprint density at radius 2 is 1.70 bits per heavy atom. The lowest BCUT2D eigenvalue weighted by atomic mass is 10.0. The molecule has 0 saturated heterocycles. The minimum atomic E-state index is -4.84. The van der Waals surface area contributed by atoms with Crippen LogP contribution in [0.5, 0.6) is 17.2 Å². The Kier molecular flexibility index (Phi) is 7.95. The summed E-state index contributed by atoms with van der Waals surface area (Å²) in [5, 5.41) is 17.2. The summed E-state index contributed by atoms with van der Waals surface area (Å²) in [6.07, 6.45) is -8.92. The number of hydrogen-bond acceptors (Lipinski definition) is 6. The summed E-state index contributed by atoms with van der Waals surface area (Å²) in [4.78, 5) is 23.2. The molecule has 1 amide bonds. The molecule has 6 rings (SSSR count). The number of benzene rings is 4. The lowest BCUT2D eigenvalue weighted by molar-refractivity contribution is -0.286. The molecule has 1 unspecified atom stereocenters. The number of halogens is 5. The van der Waals surface area contributed by atoms with Crippen LogP contribution in [-0.2, 0) is 4.79 Å². The number of carbonyl (C=O) groups is 2. The highest BCUT2D eigenvalue weighted by molar-refractivity contribution is 5.94. The average molecular weight is 654 g/mol. The molecule has 2 heterocycles. The molecule has 0 spiro atoms. The number of hydrogen-bond donors (Lipinski definition) is 2. The number of carboxylic acid groups (broad SMARTS) is 1. The van der Waals surface area contributed by atoms with Crippen molar-refractivity contribution >= 4 is 22.6 Å². The third-order valence-corrected chi connectivity index (χ3v) is 7.43. The Bertz CT molecular complexity index is 1990. The summed E-state index contributed by atoms with van der Waals surface area (Å²) in [5.74, 6) is -2.19. The fraction of sp³-hybridized carbons (Fsp3) is 0.182. The van der Waals surface area contributed by atoms with Crippen LogP contribution in [0.2, 0.25) is 0 Å². The number of amides is 1. The molecule has 5 aromatic rings. The van der Waals surface area contributed by atoms with Gasteiger partial charge in [0.2, 0.25) is 0 Å². The van der Waals surface area contributed by atoms with E-state index in [1.165, 1.54) is 30.3 Å². The summed E-state index contributed by atoms with van der Waals surface area (Å²) in [6, 6.07) is 21.3. The molecule has 47 heavy (non-hydrogen) atoms. The predicted molar refractivity (Wildman–Crippen MR) is 158 cm³/mol. The van der Waals surface area contributed by atoms with E-state index in [1.54, 1.807) is 59.3 Å². The van der Waals surface area contributed by atoms with Crippen molar-refractivity contribution in [3.63, 3.8) is 0 Å². The van der Waals surface area contributed by atoms with E-state index in [1.807, 2.05) is 6.92 Å². The average Bonchev–Trinajstić information content (AvgIpc) is 3.59. The number of fused-ring (bicyclic) bond motifs is 2. The van der Waals surface area contributed by atoms with Crippen LogP contribution >= 0.6 is 0 Å². The van der Waals surface area contributed by atoms with Gasteiger partial charge in [0, 0.05) is 23.2 Å². The number of carboxylic acids is 1. The molecular formula is C33H24F5N3O6. The van der Waals surface area contributed by atoms with Crippen molar-refractivity contribution in [1.82, 2.24) is 15.1 Å². The van der Waals surface area contributed by atoms with E-state index in [0.29, 0.717) is 27.6 Å². The van der Waals surface area contributed by atoms with E-state index < -0.39 is 30.6 Å². The first kappa shape index (κ1) is 31.3. The van der Waals surface area contributed by atoms with Gasteiger partial charge in [0.25, 0.3) is 5.91 Å². The fourth-order valence-electron chi connectivity index (χ4n) is 5.23. The Morgan fingerprint density at radius 1 is 0.979 bits per heavy atom. The molecule has 1 atom stereocenters. The Balaban J connectivity index is 1.38. The number of nitrogens with zero attached hydrogens (tertiary/aromatic N) is 2. The molecule has 0 fully saturated rings. The maximum Gasteiger partial charge on any atom is 0.586 e. The Hall–Kier alpha value is -5.66. The minimum absolute atomic E-state index is 0.0297. The summed E-state index contributed by atoms with van der Waals surface area (Å²) in [6.45, 7) is 1.81. The van der Waals surface area contributed by atoms with Gasteiger partial charge in [-0.15, -0.1) is 22.0 Å². The van der Waals surface area contributed by atoms with Gasteiger partial charge in [-0.1, -0.05) is 36.4 Å². The van der Waals surface area contributed by atoms with Gasteiger partial charge < -0.3 is 24.6 Å². The van der Waals surface area contributed by atoms with Crippen LogP contribution in [0.15, 0.2) is 84.9 Å². The van der Waals surface area contributed by atoms with E-state index in [0.717, 1.165) is 5.56 Å². The molecule has 9 nitrogen and oxygen atoms in total. The molecule has 14 heteroatoms. The number of nitrogens with one attached hydrogen (secondary N) is 1. The van der Waals surface area contributed by atoms with Gasteiger partial charge in [-0.05, 0) is 71.8 Å². The van der Waals surface area contributed by atoms with Crippen molar-refractivity contribution in [2.24, 2.45) is 0 Å². The number of aromatic nitrogens is 2. The van der Waals surface area contributed by atoms with Gasteiger partial charge >= 0.3 is 18.6 Å². The highest BCUT2D eigenvalue weighted by Gasteiger charge is 2.45. The van der Waals surface area contributed by atoms with Gasteiger partial charge in [0.15, 0.2) is 11.5 Å². The number of ether oxygens (including phenoxy) is 3. The van der Waals surface area contributed by atoms with Crippen LogP contribution < -0.4 is 19.5 Å². The highest BCUT2D eigenvalue weighted by Crippen LogP contribution is 2.47. The van der Waals surface area contributed by atoms with E-state index in [9.17, 15) is 31.5 Å². The minimum Gasteiger partial charge on any atom is -0.481 e. The Labute approximate surface area is 263 Å². The zero-order valence-electron chi connectivity index (χ0n) is 24.3. The first-order chi connectivity index (χ1) is 22.3. The number of alkyl halides is 5. The number of aliphatic carboxylic acids is 1. The lowest BCUT2D eigenvalue weighted by Gasteiger charge is -2.17. The molecule has 0 bridgehead atoms. The van der Waals surface area contributed by atoms with Crippen LogP contribution in [0.25, 0.3) is 33.3 Å². The molecule has 1 aliphatic rings. The second-order valence-corrected chi connectivity index (χ2v) is 10.6. The van der Waals surface area contributed by atoms with E-state index in [2.05, 4.69) is 14.8 Å². The predicted octanol–water partition coefficient (Wildman–Crippen LogP) is 7.40. The van der Waals surface area contributed by atoms with Crippen LogP contribution in [0.1, 0.15) is 35.3 Å². The normalized spacial score (nSPS) is 14.2. The molecule has 1 aromatic heterocycles. The molecular weight excluding hydrogens is 629 g/mol. The Morgan fingerprint density at radius 3 is 2.43 bits per heavy atom. The lowest BCUT2D eigenvalue weighted by Crippen LogP contribution is -2.26. The van der Waals surface area contributed by atoms with Crippen LogP contribution in [0.4, 0.5) is 22.0 Å². The van der Waals surface area contributed by atoms with Crippen molar-refractivity contribution in [3.05, 3.63) is 96.1 Å². The third-order valence-electron chi connectivity index (χ3n) is 7.43. The van der Waals surface area contributed by atoms with Crippen molar-refractivity contribution < 1.29 is 50.9 Å². The first-order valence-corrected chi connectivity index (χ1v) is 14.1. The standard InChI is InChI=1S/C33H24F5N3O6/c1-18(19-5-7-20(8-6-19)31(44)39-14-13-29(42)43)41-27(17-26(40-41)25-3-2-4-28-30(25)47-33(37,38)46-28)23-10-9-22-16-24(45-32(34,35)36)12-11-21(22)15-23/h2-12,15-18H,13-14H2,1H3,(H,39,44)(H,42,43). The maximum absolute atomic E-state index is 14.0. The largest absolute Gasteiger partial charge is 0.586 e. The SMILES string of the molecule is CC(c1ccc(C(=O)NCCC(=O)O)cc1)n1nc(-c2cccc3c2OC(F)(F)O3)cc1-c1ccc2cc(OC(F)(F)F)ccc2c1. The van der Waals surface area contributed by atoms with Crippen molar-refractivity contribution in [2.75, 3.05) is 6.54 Å². The molecule has 4 aromatic carbocycles. The molecule has 2 N–H and O–H groups in total. The van der Waals surface area contributed by atoms with Crippen molar-refractivity contribution in [3.8, 4) is 39.8 Å². The summed E-state index contributed by atoms with van der Waals surface area (Å²) < 4.78 is 81.4. The van der Waals surface area contributed by atoms with Crippen LogP contribution in [-0.4, -0.2) is 46.0 Å². The fourth-order valence-corrected chi connectivity index (χ4v) is 5.23. The molecule has 0 aliphatic carbocycles. The summed E-state index contributed by atoms with van der Waals surface area (Å²) in [5.41, 5.74) is 2.74. The number of para-hydroxylation sites is 1. The molecule has 0 radical (unpaired) electrons. The summed E-state index contributed by atoms with van der Waals surface area (Å²) in [7, 11) is 0. The molecule has 0 saturated carbocycles.